The van der Waals surface area contributed by atoms with Crippen LogP contribution in [-0.4, -0.2) is 10.1 Å². The summed E-state index contributed by atoms with van der Waals surface area (Å²) >= 11 is 0. The van der Waals surface area contributed by atoms with Crippen LogP contribution >= 0.6 is 0 Å². The van der Waals surface area contributed by atoms with Gasteiger partial charge in [0.2, 0.25) is 0 Å². The average Bonchev–Trinajstić information content (AvgIpc) is 2.71. The van der Waals surface area contributed by atoms with Crippen LogP contribution in [0.15, 0.2) is 27.3 Å². The smallest absolute Gasteiger partial charge is 0.399 e. The lowest BCUT2D eigenvalue weighted by Crippen LogP contribution is -1.83. The molecule has 6 heteroatoms. The largest absolute Gasteiger partial charge is 0.433 e. The highest BCUT2D eigenvalue weighted by molar-refractivity contribution is 5.56. The molecule has 2 heterocycles. The van der Waals surface area contributed by atoms with Gasteiger partial charge in [0.15, 0.2) is 11.5 Å². The summed E-state index contributed by atoms with van der Waals surface area (Å²) in [6.07, 6.45) is 1.45. The summed E-state index contributed by atoms with van der Waals surface area (Å²) < 4.78 is 9.64. The van der Waals surface area contributed by atoms with Crippen LogP contribution in [0.2, 0.25) is 0 Å². The van der Waals surface area contributed by atoms with Gasteiger partial charge in [-0.05, 0) is 13.0 Å². The van der Waals surface area contributed by atoms with Crippen molar-refractivity contribution in [1.29, 1.82) is 0 Å². The molecule has 2 aromatic rings. The molecule has 0 aliphatic carbocycles. The molecule has 14 heavy (non-hydrogen) atoms. The van der Waals surface area contributed by atoms with E-state index in [9.17, 15) is 10.1 Å². The van der Waals surface area contributed by atoms with Gasteiger partial charge in [-0.25, -0.2) is 0 Å². The predicted molar refractivity (Wildman–Crippen MR) is 45.6 cm³/mol. The summed E-state index contributed by atoms with van der Waals surface area (Å²) in [7, 11) is 0. The lowest BCUT2D eigenvalue weighted by molar-refractivity contribution is -0.401. The Labute approximate surface area is 78.3 Å². The monoisotopic (exact) mass is 194 g/mol. The van der Waals surface area contributed by atoms with E-state index in [0.29, 0.717) is 11.5 Å². The van der Waals surface area contributed by atoms with E-state index in [4.69, 9.17) is 4.42 Å². The zero-order valence-electron chi connectivity index (χ0n) is 7.26. The second kappa shape index (κ2) is 2.99. The van der Waals surface area contributed by atoms with Gasteiger partial charge in [-0.15, -0.1) is 0 Å². The van der Waals surface area contributed by atoms with Crippen molar-refractivity contribution in [3.8, 4) is 11.5 Å². The number of nitro groups is 1. The summed E-state index contributed by atoms with van der Waals surface area (Å²) in [4.78, 5) is 9.74. The molecule has 0 amide bonds. The third-order valence-electron chi connectivity index (χ3n) is 1.75. The van der Waals surface area contributed by atoms with Crippen LogP contribution in [0.3, 0.4) is 0 Å². The first-order chi connectivity index (χ1) is 6.68. The first-order valence-corrected chi connectivity index (χ1v) is 3.84. The van der Waals surface area contributed by atoms with Crippen molar-refractivity contribution in [2.75, 3.05) is 0 Å². The van der Waals surface area contributed by atoms with Gasteiger partial charge in [-0.2, -0.15) is 0 Å². The molecule has 0 saturated carbocycles. The van der Waals surface area contributed by atoms with E-state index in [1.807, 2.05) is 0 Å². The van der Waals surface area contributed by atoms with Crippen molar-refractivity contribution >= 4 is 5.88 Å². The van der Waals surface area contributed by atoms with E-state index in [2.05, 4.69) is 9.68 Å². The highest BCUT2D eigenvalue weighted by Crippen LogP contribution is 2.26. The van der Waals surface area contributed by atoms with Crippen LogP contribution in [0.1, 0.15) is 5.56 Å². The standard InChI is InChI=1S/C8H6N2O4/c1-5-4-13-9-8(5)6-2-3-7(14-6)10(11)12/h2-4H,1H3. The van der Waals surface area contributed by atoms with Gasteiger partial charge in [-0.3, -0.25) is 10.1 Å². The molecule has 72 valence electrons. The quantitative estimate of drug-likeness (QED) is 0.540. The van der Waals surface area contributed by atoms with Crippen LogP contribution < -0.4 is 0 Å². The molecule has 0 unspecified atom stereocenters. The minimum atomic E-state index is -0.598. The molecular formula is C8H6N2O4. The number of aromatic nitrogens is 1. The zero-order chi connectivity index (χ0) is 10.1. The molecule has 0 N–H and O–H groups in total. The van der Waals surface area contributed by atoms with E-state index in [1.165, 1.54) is 18.4 Å². The number of nitrogens with zero attached hydrogens (tertiary/aromatic N) is 2. The zero-order valence-corrected chi connectivity index (χ0v) is 7.26. The second-order valence-electron chi connectivity index (χ2n) is 2.74. The molecular weight excluding hydrogens is 188 g/mol. The van der Waals surface area contributed by atoms with Crippen LogP contribution in [0.25, 0.3) is 11.5 Å². The number of aryl methyl sites for hydroxylation is 1. The minimum Gasteiger partial charge on any atom is -0.399 e. The van der Waals surface area contributed by atoms with Crippen molar-refractivity contribution < 1.29 is 13.9 Å². The van der Waals surface area contributed by atoms with Crippen molar-refractivity contribution in [3.05, 3.63) is 34.1 Å². The Morgan fingerprint density at radius 3 is 2.79 bits per heavy atom. The maximum atomic E-state index is 10.3. The van der Waals surface area contributed by atoms with Crippen LogP contribution in [0.4, 0.5) is 5.88 Å². The summed E-state index contributed by atoms with van der Waals surface area (Å²) in [6, 6.07) is 2.77. The second-order valence-corrected chi connectivity index (χ2v) is 2.74. The van der Waals surface area contributed by atoms with Crippen molar-refractivity contribution in [2.24, 2.45) is 0 Å². The van der Waals surface area contributed by atoms with Crippen molar-refractivity contribution in [3.63, 3.8) is 0 Å². The normalized spacial score (nSPS) is 10.4. The maximum Gasteiger partial charge on any atom is 0.433 e. The van der Waals surface area contributed by atoms with Crippen LogP contribution in [-0.2, 0) is 0 Å². The van der Waals surface area contributed by atoms with Gasteiger partial charge < -0.3 is 8.94 Å². The molecule has 0 atom stereocenters. The topological polar surface area (TPSA) is 82.3 Å². The molecule has 6 nitrogen and oxygen atoms in total. The van der Waals surface area contributed by atoms with Gasteiger partial charge in [0.05, 0.1) is 6.07 Å². The number of furan rings is 1. The van der Waals surface area contributed by atoms with Crippen molar-refractivity contribution in [2.45, 2.75) is 6.92 Å². The van der Waals surface area contributed by atoms with E-state index >= 15 is 0 Å². The van der Waals surface area contributed by atoms with Gasteiger partial charge in [-0.1, -0.05) is 5.16 Å². The third kappa shape index (κ3) is 1.26. The number of rotatable bonds is 2. The Hall–Kier alpha value is -2.11. The van der Waals surface area contributed by atoms with E-state index in [1.54, 1.807) is 6.92 Å². The first kappa shape index (κ1) is 8.49. The molecule has 0 saturated heterocycles. The van der Waals surface area contributed by atoms with E-state index < -0.39 is 4.92 Å². The van der Waals surface area contributed by atoms with Gasteiger partial charge in [0.1, 0.15) is 11.2 Å². The van der Waals surface area contributed by atoms with Gasteiger partial charge in [0, 0.05) is 5.56 Å². The molecule has 0 aliphatic heterocycles. The Balaban J connectivity index is 2.43. The lowest BCUT2D eigenvalue weighted by Gasteiger charge is -1.88. The Morgan fingerprint density at radius 1 is 1.50 bits per heavy atom. The van der Waals surface area contributed by atoms with E-state index in [0.717, 1.165) is 5.56 Å². The number of hydrogen-bond acceptors (Lipinski definition) is 5. The number of hydrogen-bond donors (Lipinski definition) is 0. The highest BCUT2D eigenvalue weighted by Gasteiger charge is 2.16. The van der Waals surface area contributed by atoms with Crippen molar-refractivity contribution in [1.82, 2.24) is 5.16 Å². The van der Waals surface area contributed by atoms with Gasteiger partial charge in [0.25, 0.3) is 0 Å². The van der Waals surface area contributed by atoms with E-state index in [-0.39, 0.29) is 5.88 Å². The fraction of sp³-hybridized carbons (Fsp3) is 0.125. The summed E-state index contributed by atoms with van der Waals surface area (Å²) in [5.41, 5.74) is 1.26. The fourth-order valence-corrected chi connectivity index (χ4v) is 1.08. The summed E-state index contributed by atoms with van der Waals surface area (Å²) in [6.45, 7) is 1.78. The Bertz CT molecular complexity index is 471. The minimum absolute atomic E-state index is 0.303. The average molecular weight is 194 g/mol. The molecule has 0 fully saturated rings. The van der Waals surface area contributed by atoms with Crippen LogP contribution in [0, 0.1) is 17.0 Å². The maximum absolute atomic E-state index is 10.3. The Morgan fingerprint density at radius 2 is 2.29 bits per heavy atom. The molecule has 0 radical (unpaired) electrons. The lowest BCUT2D eigenvalue weighted by atomic mass is 10.2. The van der Waals surface area contributed by atoms with Gasteiger partial charge >= 0.3 is 5.88 Å². The van der Waals surface area contributed by atoms with Crippen LogP contribution in [0.5, 0.6) is 0 Å². The summed E-state index contributed by atoms with van der Waals surface area (Å²) in [5.74, 6) is 0.0327. The third-order valence-corrected chi connectivity index (χ3v) is 1.75. The molecule has 0 spiro atoms. The first-order valence-electron chi connectivity index (χ1n) is 3.84. The SMILES string of the molecule is Cc1conc1-c1ccc([N+](=O)[O-])o1. The molecule has 2 aromatic heterocycles. The summed E-state index contributed by atoms with van der Waals surface area (Å²) in [5, 5.41) is 14.0. The highest BCUT2D eigenvalue weighted by atomic mass is 16.6. The molecule has 0 bridgehead atoms. The molecule has 0 aromatic carbocycles. The fourth-order valence-electron chi connectivity index (χ4n) is 1.08. The predicted octanol–water partition coefficient (Wildman–Crippen LogP) is 2.15. The molecule has 2 rings (SSSR count). The Kier molecular flexibility index (Phi) is 1.81. The molecule has 0 aliphatic rings.